The van der Waals surface area contributed by atoms with Gasteiger partial charge in [-0.1, -0.05) is 23.2 Å². The molecule has 0 bridgehead atoms. The van der Waals surface area contributed by atoms with Gasteiger partial charge >= 0.3 is 0 Å². The zero-order valence-electron chi connectivity index (χ0n) is 12.8. The van der Waals surface area contributed by atoms with Crippen LogP contribution in [0.5, 0.6) is 0 Å². The second kappa shape index (κ2) is 7.10. The smallest absolute Gasteiger partial charge is 0.227 e. The van der Waals surface area contributed by atoms with Crippen molar-refractivity contribution in [1.29, 1.82) is 0 Å². The van der Waals surface area contributed by atoms with E-state index in [1.54, 1.807) is 18.2 Å². The van der Waals surface area contributed by atoms with Crippen molar-refractivity contribution >= 4 is 40.7 Å². The third-order valence-electron chi connectivity index (χ3n) is 4.58. The van der Waals surface area contributed by atoms with Gasteiger partial charge in [0.1, 0.15) is 0 Å². The number of anilines is 1. The van der Waals surface area contributed by atoms with Gasteiger partial charge in [-0.15, -0.1) is 0 Å². The molecule has 4 nitrogen and oxygen atoms in total. The molecule has 0 aliphatic heterocycles. The van der Waals surface area contributed by atoms with E-state index in [9.17, 15) is 9.59 Å². The minimum Gasteiger partial charge on any atom is -0.353 e. The van der Waals surface area contributed by atoms with Crippen LogP contribution in [0.1, 0.15) is 38.5 Å². The SMILES string of the molecule is O=C(Nc1ccc(Cl)cc1Cl)C1CCC(C(=O)NC2CC2)CC1. The molecule has 2 aliphatic rings. The molecule has 1 aromatic rings. The summed E-state index contributed by atoms with van der Waals surface area (Å²) in [6.45, 7) is 0. The Balaban J connectivity index is 1.50. The standard InChI is InChI=1S/C17H20Cl2N2O2/c18-12-5-8-15(14(19)9-12)21-17(23)11-3-1-10(2-4-11)16(22)20-13-6-7-13/h5,8-11,13H,1-4,6-7H2,(H,20,22)(H,21,23). The number of hydrogen-bond donors (Lipinski definition) is 2. The monoisotopic (exact) mass is 354 g/mol. The molecule has 3 rings (SSSR count). The Morgan fingerprint density at radius 3 is 2.09 bits per heavy atom. The Hall–Kier alpha value is -1.26. The largest absolute Gasteiger partial charge is 0.353 e. The predicted octanol–water partition coefficient (Wildman–Crippen LogP) is 4.02. The van der Waals surface area contributed by atoms with Gasteiger partial charge in [-0.05, 0) is 56.7 Å². The number of hydrogen-bond acceptors (Lipinski definition) is 2. The van der Waals surface area contributed by atoms with Gasteiger partial charge in [0.05, 0.1) is 10.7 Å². The number of nitrogens with one attached hydrogen (secondary N) is 2. The lowest BCUT2D eigenvalue weighted by molar-refractivity contribution is -0.128. The van der Waals surface area contributed by atoms with E-state index in [-0.39, 0.29) is 23.7 Å². The molecule has 0 heterocycles. The number of amides is 2. The molecule has 2 N–H and O–H groups in total. The van der Waals surface area contributed by atoms with Gasteiger partial charge in [0.25, 0.3) is 0 Å². The number of rotatable bonds is 4. The molecule has 2 saturated carbocycles. The van der Waals surface area contributed by atoms with Crippen molar-refractivity contribution in [2.24, 2.45) is 11.8 Å². The fourth-order valence-corrected chi connectivity index (χ4v) is 3.45. The minimum atomic E-state index is -0.0632. The van der Waals surface area contributed by atoms with Crippen molar-refractivity contribution in [2.45, 2.75) is 44.6 Å². The lowest BCUT2D eigenvalue weighted by atomic mass is 9.81. The van der Waals surface area contributed by atoms with Gasteiger partial charge in [-0.25, -0.2) is 0 Å². The highest BCUT2D eigenvalue weighted by molar-refractivity contribution is 6.36. The molecule has 2 fully saturated rings. The second-order valence-electron chi connectivity index (χ2n) is 6.44. The third-order valence-corrected chi connectivity index (χ3v) is 5.13. The van der Waals surface area contributed by atoms with Crippen LogP contribution >= 0.6 is 23.2 Å². The van der Waals surface area contributed by atoms with E-state index in [1.165, 1.54) is 0 Å². The zero-order valence-corrected chi connectivity index (χ0v) is 14.3. The molecule has 124 valence electrons. The van der Waals surface area contributed by atoms with Gasteiger partial charge in [0.15, 0.2) is 0 Å². The van der Waals surface area contributed by atoms with Gasteiger partial charge in [-0.3, -0.25) is 9.59 Å². The highest BCUT2D eigenvalue weighted by atomic mass is 35.5. The first-order valence-corrected chi connectivity index (χ1v) is 8.85. The van der Waals surface area contributed by atoms with Crippen molar-refractivity contribution < 1.29 is 9.59 Å². The topological polar surface area (TPSA) is 58.2 Å². The number of benzene rings is 1. The fourth-order valence-electron chi connectivity index (χ4n) is 2.99. The number of halogens is 2. The van der Waals surface area contributed by atoms with Gasteiger partial charge in [0.2, 0.25) is 11.8 Å². The van der Waals surface area contributed by atoms with Crippen LogP contribution in [-0.2, 0) is 9.59 Å². The van der Waals surface area contributed by atoms with Crippen molar-refractivity contribution in [2.75, 3.05) is 5.32 Å². The molecule has 0 spiro atoms. The zero-order chi connectivity index (χ0) is 16.4. The lowest BCUT2D eigenvalue weighted by Gasteiger charge is -2.27. The van der Waals surface area contributed by atoms with Crippen LogP contribution in [0.4, 0.5) is 5.69 Å². The molecule has 2 aliphatic carbocycles. The van der Waals surface area contributed by atoms with E-state index < -0.39 is 0 Å². The van der Waals surface area contributed by atoms with E-state index in [2.05, 4.69) is 10.6 Å². The Labute approximate surface area is 145 Å². The van der Waals surface area contributed by atoms with E-state index in [0.717, 1.165) is 38.5 Å². The first-order valence-electron chi connectivity index (χ1n) is 8.09. The molecule has 0 aromatic heterocycles. The quantitative estimate of drug-likeness (QED) is 0.857. The third kappa shape index (κ3) is 4.39. The number of carbonyl (C=O) groups excluding carboxylic acids is 2. The summed E-state index contributed by atoms with van der Waals surface area (Å²) in [4.78, 5) is 24.4. The summed E-state index contributed by atoms with van der Waals surface area (Å²) in [5, 5.41) is 6.88. The van der Waals surface area contributed by atoms with E-state index >= 15 is 0 Å². The lowest BCUT2D eigenvalue weighted by Crippen LogP contribution is -2.36. The Bertz CT molecular complexity index is 609. The van der Waals surface area contributed by atoms with Crippen LogP contribution < -0.4 is 10.6 Å². The van der Waals surface area contributed by atoms with Gasteiger partial charge in [0, 0.05) is 22.9 Å². The molecular weight excluding hydrogens is 335 g/mol. The van der Waals surface area contributed by atoms with E-state index in [1.807, 2.05) is 0 Å². The van der Waals surface area contributed by atoms with Crippen LogP contribution in [0.25, 0.3) is 0 Å². The molecule has 0 saturated heterocycles. The molecule has 0 atom stereocenters. The summed E-state index contributed by atoms with van der Waals surface area (Å²) in [6.07, 6.45) is 5.21. The van der Waals surface area contributed by atoms with E-state index in [4.69, 9.17) is 23.2 Å². The first kappa shape index (κ1) is 16.6. The Kier molecular flexibility index (Phi) is 5.12. The van der Waals surface area contributed by atoms with Crippen molar-refractivity contribution in [1.82, 2.24) is 5.32 Å². The fraction of sp³-hybridized carbons (Fsp3) is 0.529. The second-order valence-corrected chi connectivity index (χ2v) is 7.29. The maximum absolute atomic E-state index is 12.4. The first-order chi connectivity index (χ1) is 11.0. The summed E-state index contributed by atoms with van der Waals surface area (Å²) in [5.74, 6) is 0.118. The summed E-state index contributed by atoms with van der Waals surface area (Å²) < 4.78 is 0. The van der Waals surface area contributed by atoms with Gasteiger partial charge < -0.3 is 10.6 Å². The van der Waals surface area contributed by atoms with Crippen LogP contribution in [0.2, 0.25) is 10.0 Å². The molecule has 23 heavy (non-hydrogen) atoms. The highest BCUT2D eigenvalue weighted by Gasteiger charge is 2.32. The molecule has 0 radical (unpaired) electrons. The van der Waals surface area contributed by atoms with Gasteiger partial charge in [-0.2, -0.15) is 0 Å². The van der Waals surface area contributed by atoms with Crippen LogP contribution in [0, 0.1) is 11.8 Å². The Morgan fingerprint density at radius 2 is 1.52 bits per heavy atom. The van der Waals surface area contributed by atoms with Crippen molar-refractivity contribution in [3.63, 3.8) is 0 Å². The van der Waals surface area contributed by atoms with Crippen LogP contribution in [0.3, 0.4) is 0 Å². The summed E-state index contributed by atoms with van der Waals surface area (Å²) in [6, 6.07) is 5.41. The average Bonchev–Trinajstić information content (AvgIpc) is 3.34. The van der Waals surface area contributed by atoms with E-state index in [0.29, 0.717) is 21.8 Å². The minimum absolute atomic E-state index is 0.0322. The predicted molar refractivity (Wildman–Crippen MR) is 91.7 cm³/mol. The normalized spacial score (nSPS) is 24.1. The maximum Gasteiger partial charge on any atom is 0.227 e. The van der Waals surface area contributed by atoms with Crippen LogP contribution in [0.15, 0.2) is 18.2 Å². The molecular formula is C17H20Cl2N2O2. The number of carbonyl (C=O) groups is 2. The Morgan fingerprint density at radius 1 is 0.913 bits per heavy atom. The highest BCUT2D eigenvalue weighted by Crippen LogP contribution is 2.32. The molecule has 1 aromatic carbocycles. The summed E-state index contributed by atoms with van der Waals surface area (Å²) >= 11 is 11.9. The van der Waals surface area contributed by atoms with Crippen LogP contribution in [-0.4, -0.2) is 17.9 Å². The molecule has 6 heteroatoms. The molecule has 0 unspecified atom stereocenters. The maximum atomic E-state index is 12.4. The van der Waals surface area contributed by atoms with Crippen molar-refractivity contribution in [3.05, 3.63) is 28.2 Å². The summed E-state index contributed by atoms with van der Waals surface area (Å²) in [5.41, 5.74) is 0.578. The van der Waals surface area contributed by atoms with Crippen molar-refractivity contribution in [3.8, 4) is 0 Å². The average molecular weight is 355 g/mol. The molecule has 2 amide bonds. The summed E-state index contributed by atoms with van der Waals surface area (Å²) in [7, 11) is 0.